The summed E-state index contributed by atoms with van der Waals surface area (Å²) in [6, 6.07) is 8.47. The van der Waals surface area contributed by atoms with Crippen molar-refractivity contribution < 1.29 is 19.3 Å². The molecule has 2 heterocycles. The number of hydrogen-bond donors (Lipinski definition) is 2. The van der Waals surface area contributed by atoms with Crippen LogP contribution in [0.25, 0.3) is 10.9 Å². The number of nitrogens with one attached hydrogen (secondary N) is 2. The Labute approximate surface area is 187 Å². The molecule has 0 atom stereocenters. The van der Waals surface area contributed by atoms with E-state index >= 15 is 0 Å². The number of benzene rings is 2. The number of halogens is 1. The summed E-state index contributed by atoms with van der Waals surface area (Å²) in [5.41, 5.74) is 4.59. The Bertz CT molecular complexity index is 1140. The van der Waals surface area contributed by atoms with E-state index in [1.165, 1.54) is 12.1 Å². The third kappa shape index (κ3) is 4.00. The van der Waals surface area contributed by atoms with Crippen molar-refractivity contribution in [1.82, 2.24) is 9.80 Å². The molecule has 0 saturated carbocycles. The zero-order chi connectivity index (χ0) is 22.8. The molecule has 0 saturated heterocycles. The fourth-order valence-corrected chi connectivity index (χ4v) is 4.51. The second-order valence-corrected chi connectivity index (χ2v) is 8.18. The smallest absolute Gasteiger partial charge is 0.258 e. The van der Waals surface area contributed by atoms with Crippen molar-refractivity contribution in [2.45, 2.75) is 26.8 Å². The van der Waals surface area contributed by atoms with Crippen molar-refractivity contribution in [3.63, 3.8) is 0 Å². The van der Waals surface area contributed by atoms with E-state index in [1.807, 2.05) is 24.2 Å². The van der Waals surface area contributed by atoms with Gasteiger partial charge in [0, 0.05) is 44.2 Å². The van der Waals surface area contributed by atoms with Gasteiger partial charge in [0.2, 0.25) is 5.75 Å². The van der Waals surface area contributed by atoms with Crippen molar-refractivity contribution in [3.8, 4) is 5.75 Å². The zero-order valence-electron chi connectivity index (χ0n) is 18.8. The lowest BCUT2D eigenvalue weighted by atomic mass is 9.98. The summed E-state index contributed by atoms with van der Waals surface area (Å²) in [5.74, 6) is -0.392. The third-order valence-corrected chi connectivity index (χ3v) is 6.35. The fraction of sp³-hybridized carbons (Fsp3) is 0.360. The first kappa shape index (κ1) is 22.0. The zero-order valence-corrected chi connectivity index (χ0v) is 18.8. The van der Waals surface area contributed by atoms with Crippen molar-refractivity contribution >= 4 is 22.5 Å². The van der Waals surface area contributed by atoms with Gasteiger partial charge in [0.05, 0.1) is 16.6 Å². The first-order valence-corrected chi connectivity index (χ1v) is 11.1. The van der Waals surface area contributed by atoms with E-state index in [0.717, 1.165) is 47.4 Å². The molecule has 1 aliphatic rings. The number of amides is 1. The molecule has 1 amide bonds. The number of phenolic OH excluding ortho intramolecular Hbond substituents is 1. The largest absolute Gasteiger partial charge is 0.502 e. The number of nitrogens with zero attached hydrogens (tertiary/aromatic N) is 2. The lowest BCUT2D eigenvalue weighted by Crippen LogP contribution is -2.35. The maximum atomic E-state index is 13.2. The molecular formula is C25H30FN4O2+. The minimum Gasteiger partial charge on any atom is -0.502 e. The SMILES string of the molecule is CCN(CC)CCN1Cc2c(c(O)c3[nH+]cc(Cc4ccc(F)cc4)cc3c2NC)C1=O. The normalized spacial score (nSPS) is 13.3. The molecule has 0 aliphatic carbocycles. The van der Waals surface area contributed by atoms with Crippen LogP contribution in [0.15, 0.2) is 36.5 Å². The lowest BCUT2D eigenvalue weighted by Gasteiger charge is -2.22. The van der Waals surface area contributed by atoms with Crippen LogP contribution >= 0.6 is 0 Å². The Morgan fingerprint density at radius 2 is 1.91 bits per heavy atom. The van der Waals surface area contributed by atoms with Crippen LogP contribution in [-0.2, 0) is 13.0 Å². The number of carbonyl (C=O) groups excluding carboxylic acids is 1. The first-order valence-electron chi connectivity index (χ1n) is 11.1. The van der Waals surface area contributed by atoms with Crippen LogP contribution in [0.3, 0.4) is 0 Å². The maximum Gasteiger partial charge on any atom is 0.258 e. The molecule has 3 N–H and O–H groups in total. The number of pyridine rings is 1. The Kier molecular flexibility index (Phi) is 6.28. The van der Waals surface area contributed by atoms with Crippen LogP contribution in [0.1, 0.15) is 40.9 Å². The van der Waals surface area contributed by atoms with E-state index in [1.54, 1.807) is 12.1 Å². The Morgan fingerprint density at radius 3 is 2.56 bits per heavy atom. The Hall–Kier alpha value is -3.19. The Balaban J connectivity index is 1.69. The first-order chi connectivity index (χ1) is 15.5. The number of likely N-dealkylation sites (N-methyl/N-ethyl adjacent to an activating group) is 1. The summed E-state index contributed by atoms with van der Waals surface area (Å²) >= 11 is 0. The number of hydrogen-bond acceptors (Lipinski definition) is 4. The van der Waals surface area contributed by atoms with E-state index in [9.17, 15) is 14.3 Å². The minimum atomic E-state index is -0.257. The molecular weight excluding hydrogens is 407 g/mol. The van der Waals surface area contributed by atoms with Gasteiger partial charge in [0.15, 0.2) is 6.20 Å². The van der Waals surface area contributed by atoms with Crippen LogP contribution < -0.4 is 10.3 Å². The van der Waals surface area contributed by atoms with Gasteiger partial charge < -0.3 is 20.2 Å². The molecule has 1 aromatic heterocycles. The van der Waals surface area contributed by atoms with E-state index in [-0.39, 0.29) is 17.5 Å². The van der Waals surface area contributed by atoms with Gasteiger partial charge in [-0.15, -0.1) is 0 Å². The van der Waals surface area contributed by atoms with Crippen molar-refractivity contribution in [3.05, 3.63) is 64.6 Å². The number of rotatable bonds is 8. The van der Waals surface area contributed by atoms with Crippen LogP contribution in [0, 0.1) is 5.82 Å². The van der Waals surface area contributed by atoms with Crippen molar-refractivity contribution in [2.75, 3.05) is 38.5 Å². The molecule has 1 aliphatic heterocycles. The molecule has 6 nitrogen and oxygen atoms in total. The minimum absolute atomic E-state index is 0.00216. The van der Waals surface area contributed by atoms with Gasteiger partial charge in [0.1, 0.15) is 5.82 Å². The molecule has 0 bridgehead atoms. The van der Waals surface area contributed by atoms with Crippen LogP contribution in [0.4, 0.5) is 10.1 Å². The van der Waals surface area contributed by atoms with Gasteiger partial charge in [-0.25, -0.2) is 9.37 Å². The molecule has 4 rings (SSSR count). The topological polar surface area (TPSA) is 70.0 Å². The van der Waals surface area contributed by atoms with Gasteiger partial charge in [-0.3, -0.25) is 4.79 Å². The van der Waals surface area contributed by atoms with Crippen LogP contribution in [0.5, 0.6) is 5.75 Å². The number of aromatic amines is 1. The maximum absolute atomic E-state index is 13.2. The van der Waals surface area contributed by atoms with E-state index in [4.69, 9.17) is 0 Å². The fourth-order valence-electron chi connectivity index (χ4n) is 4.51. The predicted octanol–water partition coefficient (Wildman–Crippen LogP) is 3.43. The van der Waals surface area contributed by atoms with Gasteiger partial charge in [-0.2, -0.15) is 0 Å². The van der Waals surface area contributed by atoms with Crippen LogP contribution in [-0.4, -0.2) is 54.0 Å². The molecule has 0 fully saturated rings. The highest BCUT2D eigenvalue weighted by Gasteiger charge is 2.36. The lowest BCUT2D eigenvalue weighted by molar-refractivity contribution is -0.346. The van der Waals surface area contributed by atoms with Gasteiger partial charge in [-0.05, 0) is 36.9 Å². The highest BCUT2D eigenvalue weighted by atomic mass is 19.1. The summed E-state index contributed by atoms with van der Waals surface area (Å²) in [6.07, 6.45) is 2.46. The summed E-state index contributed by atoms with van der Waals surface area (Å²) in [5, 5.41) is 15.1. The number of anilines is 1. The third-order valence-electron chi connectivity index (χ3n) is 6.35. The van der Waals surface area contributed by atoms with Crippen molar-refractivity contribution in [1.29, 1.82) is 0 Å². The number of phenols is 1. The van der Waals surface area contributed by atoms with Gasteiger partial charge >= 0.3 is 0 Å². The molecule has 0 spiro atoms. The van der Waals surface area contributed by atoms with E-state index in [2.05, 4.69) is 29.0 Å². The van der Waals surface area contributed by atoms with Crippen molar-refractivity contribution in [2.24, 2.45) is 0 Å². The predicted molar refractivity (Wildman–Crippen MR) is 123 cm³/mol. The summed E-state index contributed by atoms with van der Waals surface area (Å²) < 4.78 is 13.2. The van der Waals surface area contributed by atoms with E-state index < -0.39 is 0 Å². The quantitative estimate of drug-likeness (QED) is 0.530. The monoisotopic (exact) mass is 437 g/mol. The van der Waals surface area contributed by atoms with Gasteiger partial charge in [-0.1, -0.05) is 26.0 Å². The van der Waals surface area contributed by atoms with Gasteiger partial charge in [0.25, 0.3) is 11.4 Å². The molecule has 168 valence electrons. The van der Waals surface area contributed by atoms with E-state index in [0.29, 0.717) is 30.6 Å². The second kappa shape index (κ2) is 9.12. The second-order valence-electron chi connectivity index (χ2n) is 8.18. The standard InChI is InChI=1S/C25H29FN4O2/c1-4-29(5-2)10-11-30-15-20-21(25(30)32)24(31)23-19(22(20)27-3)13-17(14-28-23)12-16-6-8-18(26)9-7-16/h6-9,13-14,27,31H,4-5,10-12,15H2,1-3H3/p+1. The molecule has 0 unspecified atom stereocenters. The molecule has 2 aromatic carbocycles. The number of aromatic hydroxyl groups is 1. The molecule has 32 heavy (non-hydrogen) atoms. The molecule has 7 heteroatoms. The molecule has 3 aromatic rings. The molecule has 0 radical (unpaired) electrons. The Morgan fingerprint density at radius 1 is 1.19 bits per heavy atom. The highest BCUT2D eigenvalue weighted by molar-refractivity contribution is 6.10. The number of fused-ring (bicyclic) bond motifs is 2. The van der Waals surface area contributed by atoms with Crippen LogP contribution in [0.2, 0.25) is 0 Å². The summed E-state index contributed by atoms with van der Waals surface area (Å²) in [6.45, 7) is 7.99. The summed E-state index contributed by atoms with van der Waals surface area (Å²) in [4.78, 5) is 20.4. The summed E-state index contributed by atoms with van der Waals surface area (Å²) in [7, 11) is 1.84. The average molecular weight is 438 g/mol. The number of aromatic nitrogens is 1. The highest BCUT2D eigenvalue weighted by Crippen LogP contribution is 2.41. The number of H-pyrrole nitrogens is 1. The number of carbonyl (C=O) groups is 1. The average Bonchev–Trinajstić information content (AvgIpc) is 3.12.